The number of carbonyl (C=O) groups is 1. The highest BCUT2D eigenvalue weighted by Gasteiger charge is 2.33. The Kier molecular flexibility index (Phi) is 4.18. The Hall–Kier alpha value is -2.93. The summed E-state index contributed by atoms with van der Waals surface area (Å²) in [6.07, 6.45) is -0.780. The number of halogens is 1. The van der Waals surface area contributed by atoms with E-state index >= 15 is 0 Å². The lowest BCUT2D eigenvalue weighted by atomic mass is 9.98. The van der Waals surface area contributed by atoms with Crippen LogP contribution in [0.5, 0.6) is 0 Å². The van der Waals surface area contributed by atoms with Crippen LogP contribution in [-0.2, 0) is 0 Å². The van der Waals surface area contributed by atoms with Gasteiger partial charge in [-0.15, -0.1) is 0 Å². The number of nitro groups is 1. The molecule has 0 aliphatic carbocycles. The number of non-ortho nitro benzene ring substituents is 1. The third-order valence-electron chi connectivity index (χ3n) is 3.77. The third-order valence-corrected chi connectivity index (χ3v) is 4.02. The first-order valence-electron chi connectivity index (χ1n) is 7.05. The average Bonchev–Trinajstić information content (AvgIpc) is 3.01. The van der Waals surface area contributed by atoms with Crippen molar-refractivity contribution in [1.82, 2.24) is 5.01 Å². The first-order valence-corrected chi connectivity index (χ1v) is 7.43. The summed E-state index contributed by atoms with van der Waals surface area (Å²) in [6, 6.07) is 12.3. The number of nitro benzene ring substituents is 1. The second kappa shape index (κ2) is 6.29. The molecule has 0 radical (unpaired) electrons. The molecular formula is C16H12ClN3O4. The summed E-state index contributed by atoms with van der Waals surface area (Å²) in [6.45, 7) is 0. The van der Waals surface area contributed by atoms with Crippen LogP contribution in [0, 0.1) is 10.1 Å². The van der Waals surface area contributed by atoms with Crippen molar-refractivity contribution in [1.29, 1.82) is 0 Å². The smallest absolute Gasteiger partial charge is 0.428 e. The van der Waals surface area contributed by atoms with E-state index in [-0.39, 0.29) is 5.69 Å². The summed E-state index contributed by atoms with van der Waals surface area (Å²) in [5.74, 6) is 0. The molecule has 8 heteroatoms. The fourth-order valence-corrected chi connectivity index (χ4v) is 2.71. The maximum atomic E-state index is 11.5. The monoisotopic (exact) mass is 345 g/mol. The molecule has 2 aromatic carbocycles. The van der Waals surface area contributed by atoms with Crippen LogP contribution >= 0.6 is 11.6 Å². The topological polar surface area (TPSA) is 96.0 Å². The van der Waals surface area contributed by atoms with E-state index in [9.17, 15) is 20.0 Å². The number of carboxylic acid groups (broad SMARTS) is 1. The number of nitrogens with zero attached hydrogens (tertiary/aromatic N) is 3. The van der Waals surface area contributed by atoms with Crippen LogP contribution in [0.4, 0.5) is 10.5 Å². The van der Waals surface area contributed by atoms with Crippen molar-refractivity contribution in [3.8, 4) is 0 Å². The van der Waals surface area contributed by atoms with Crippen LogP contribution in [0.15, 0.2) is 53.6 Å². The van der Waals surface area contributed by atoms with Crippen molar-refractivity contribution < 1.29 is 14.8 Å². The quantitative estimate of drug-likeness (QED) is 0.669. The summed E-state index contributed by atoms with van der Waals surface area (Å²) in [5.41, 5.74) is 1.97. The maximum absolute atomic E-state index is 11.5. The van der Waals surface area contributed by atoms with Gasteiger partial charge in [-0.25, -0.2) is 4.79 Å². The van der Waals surface area contributed by atoms with E-state index < -0.39 is 17.1 Å². The Balaban J connectivity index is 1.90. The fraction of sp³-hybridized carbons (Fsp3) is 0.125. The third kappa shape index (κ3) is 3.07. The van der Waals surface area contributed by atoms with Crippen LogP contribution in [0.1, 0.15) is 23.6 Å². The van der Waals surface area contributed by atoms with Gasteiger partial charge < -0.3 is 5.11 Å². The summed E-state index contributed by atoms with van der Waals surface area (Å²) in [7, 11) is 0. The van der Waals surface area contributed by atoms with Crippen molar-refractivity contribution in [2.75, 3.05) is 0 Å². The molecule has 0 spiro atoms. The minimum atomic E-state index is -1.16. The van der Waals surface area contributed by atoms with E-state index in [1.807, 2.05) is 0 Å². The lowest BCUT2D eigenvalue weighted by Gasteiger charge is -2.18. The highest BCUT2D eigenvalue weighted by molar-refractivity contribution is 6.30. The Labute approximate surface area is 141 Å². The number of rotatable bonds is 3. The highest BCUT2D eigenvalue weighted by Crippen LogP contribution is 2.33. The molecular weight excluding hydrogens is 334 g/mol. The van der Waals surface area contributed by atoms with Crippen LogP contribution in [0.25, 0.3) is 0 Å². The first kappa shape index (κ1) is 15.9. The standard InChI is InChI=1S/C16H12ClN3O4/c17-12-5-1-11(2-6-12)15-9-14(18-19(15)16(21)22)10-3-7-13(8-4-10)20(23)24/h1-8,15H,9H2,(H,21,22)/t15-/m0/s1. The second-order valence-electron chi connectivity index (χ2n) is 5.25. The molecule has 7 nitrogen and oxygen atoms in total. The summed E-state index contributed by atoms with van der Waals surface area (Å²) < 4.78 is 0. The van der Waals surface area contributed by atoms with Gasteiger partial charge in [-0.2, -0.15) is 10.1 Å². The van der Waals surface area contributed by atoms with Gasteiger partial charge in [0.1, 0.15) is 0 Å². The molecule has 0 aromatic heterocycles. The van der Waals surface area contributed by atoms with Crippen molar-refractivity contribution >= 4 is 29.1 Å². The molecule has 0 saturated heterocycles. The Morgan fingerprint density at radius 3 is 2.38 bits per heavy atom. The van der Waals surface area contributed by atoms with Crippen LogP contribution in [0.3, 0.4) is 0 Å². The highest BCUT2D eigenvalue weighted by atomic mass is 35.5. The van der Waals surface area contributed by atoms with Gasteiger partial charge in [0.2, 0.25) is 0 Å². The van der Waals surface area contributed by atoms with Gasteiger partial charge >= 0.3 is 6.09 Å². The van der Waals surface area contributed by atoms with Gasteiger partial charge in [0.05, 0.1) is 16.7 Å². The zero-order valence-electron chi connectivity index (χ0n) is 12.3. The minimum Gasteiger partial charge on any atom is -0.464 e. The molecule has 0 bridgehead atoms. The largest absolute Gasteiger partial charge is 0.464 e. The maximum Gasteiger partial charge on any atom is 0.428 e. The van der Waals surface area contributed by atoms with Gasteiger partial charge in [0, 0.05) is 23.6 Å². The Morgan fingerprint density at radius 2 is 1.83 bits per heavy atom. The predicted molar refractivity (Wildman–Crippen MR) is 88.3 cm³/mol. The molecule has 0 fully saturated rings. The lowest BCUT2D eigenvalue weighted by molar-refractivity contribution is -0.384. The molecule has 1 heterocycles. The van der Waals surface area contributed by atoms with Gasteiger partial charge in [-0.05, 0) is 35.4 Å². The van der Waals surface area contributed by atoms with E-state index in [1.165, 1.54) is 12.1 Å². The normalized spacial score (nSPS) is 16.8. The number of hydrogen-bond acceptors (Lipinski definition) is 4. The molecule has 1 atom stereocenters. The van der Waals surface area contributed by atoms with Crippen molar-refractivity contribution in [3.63, 3.8) is 0 Å². The van der Waals surface area contributed by atoms with Crippen LogP contribution in [-0.4, -0.2) is 26.8 Å². The molecule has 2 aromatic rings. The number of benzene rings is 2. The predicted octanol–water partition coefficient (Wildman–Crippen LogP) is 4.08. The minimum absolute atomic E-state index is 0.0262. The van der Waals surface area contributed by atoms with Gasteiger partial charge in [-0.3, -0.25) is 10.1 Å². The fourth-order valence-electron chi connectivity index (χ4n) is 2.58. The van der Waals surface area contributed by atoms with Crippen LogP contribution in [0.2, 0.25) is 5.02 Å². The van der Waals surface area contributed by atoms with E-state index in [1.54, 1.807) is 36.4 Å². The van der Waals surface area contributed by atoms with Crippen molar-refractivity contribution in [2.45, 2.75) is 12.5 Å². The molecule has 24 heavy (non-hydrogen) atoms. The van der Waals surface area contributed by atoms with Crippen molar-refractivity contribution in [2.24, 2.45) is 5.10 Å². The molecule has 122 valence electrons. The average molecular weight is 346 g/mol. The second-order valence-corrected chi connectivity index (χ2v) is 5.69. The Morgan fingerprint density at radius 1 is 1.21 bits per heavy atom. The van der Waals surface area contributed by atoms with Gasteiger partial charge in [0.25, 0.3) is 5.69 Å². The van der Waals surface area contributed by atoms with Crippen molar-refractivity contribution in [3.05, 3.63) is 74.8 Å². The Bertz CT molecular complexity index is 818. The van der Waals surface area contributed by atoms with E-state index in [2.05, 4.69) is 5.10 Å². The summed E-state index contributed by atoms with van der Waals surface area (Å²) in [5, 5.41) is 25.8. The first-order chi connectivity index (χ1) is 11.5. The van der Waals surface area contributed by atoms with Gasteiger partial charge in [-0.1, -0.05) is 23.7 Å². The molecule has 1 aliphatic rings. The van der Waals surface area contributed by atoms with Gasteiger partial charge in [0.15, 0.2) is 0 Å². The molecule has 3 rings (SSSR count). The zero-order chi connectivity index (χ0) is 17.3. The van der Waals surface area contributed by atoms with E-state index in [0.29, 0.717) is 22.7 Å². The zero-order valence-corrected chi connectivity index (χ0v) is 13.1. The number of hydrogen-bond donors (Lipinski definition) is 1. The molecule has 1 amide bonds. The van der Waals surface area contributed by atoms with E-state index in [4.69, 9.17) is 11.6 Å². The lowest BCUT2D eigenvalue weighted by Crippen LogP contribution is -2.25. The van der Waals surface area contributed by atoms with Crippen LogP contribution < -0.4 is 0 Å². The summed E-state index contributed by atoms with van der Waals surface area (Å²) >= 11 is 5.87. The molecule has 0 saturated carbocycles. The summed E-state index contributed by atoms with van der Waals surface area (Å²) in [4.78, 5) is 21.7. The SMILES string of the molecule is O=C(O)N1N=C(c2ccc([N+](=O)[O-])cc2)C[C@H]1c1ccc(Cl)cc1. The molecule has 0 unspecified atom stereocenters. The number of amides is 1. The number of hydrazone groups is 1. The van der Waals surface area contributed by atoms with E-state index in [0.717, 1.165) is 10.6 Å². The molecule has 1 N–H and O–H groups in total. The molecule has 1 aliphatic heterocycles.